The number of nitrogens with zero attached hydrogens (tertiary/aromatic N) is 1. The highest BCUT2D eigenvalue weighted by Crippen LogP contribution is 2.25. The summed E-state index contributed by atoms with van der Waals surface area (Å²) in [5.74, 6) is 1.07. The van der Waals surface area contributed by atoms with Crippen LogP contribution in [-0.2, 0) is 0 Å². The van der Waals surface area contributed by atoms with Gasteiger partial charge in [0.15, 0.2) is 0 Å². The SMILES string of the molecule is O=C(c1ccc(Br)c(Cl)c1)N1CCC(CCl)C1. The summed E-state index contributed by atoms with van der Waals surface area (Å²) in [5.41, 5.74) is 0.633. The minimum Gasteiger partial charge on any atom is -0.338 e. The third-order valence-electron chi connectivity index (χ3n) is 2.96. The van der Waals surface area contributed by atoms with Crippen molar-refractivity contribution < 1.29 is 4.79 Å². The summed E-state index contributed by atoms with van der Waals surface area (Å²) in [4.78, 5) is 14.0. The van der Waals surface area contributed by atoms with Crippen molar-refractivity contribution in [2.45, 2.75) is 6.42 Å². The minimum atomic E-state index is 0.0343. The van der Waals surface area contributed by atoms with Crippen LogP contribution < -0.4 is 0 Å². The number of carbonyl (C=O) groups excluding carboxylic acids is 1. The fraction of sp³-hybridized carbons (Fsp3) is 0.417. The van der Waals surface area contributed by atoms with Crippen LogP contribution in [0.2, 0.25) is 5.02 Å². The second-order valence-electron chi connectivity index (χ2n) is 4.19. The molecule has 2 rings (SSSR count). The van der Waals surface area contributed by atoms with Crippen LogP contribution >= 0.6 is 39.1 Å². The van der Waals surface area contributed by atoms with Crippen molar-refractivity contribution >= 4 is 45.0 Å². The van der Waals surface area contributed by atoms with Crippen LogP contribution in [0, 0.1) is 5.92 Å². The van der Waals surface area contributed by atoms with E-state index in [9.17, 15) is 4.79 Å². The van der Waals surface area contributed by atoms with E-state index in [0.717, 1.165) is 24.0 Å². The third-order valence-corrected chi connectivity index (χ3v) is 4.63. The standard InChI is InChI=1S/C12H12BrCl2NO/c13-10-2-1-9(5-11(10)15)12(17)16-4-3-8(6-14)7-16/h1-2,5,8H,3-4,6-7H2. The predicted octanol–water partition coefficient (Wildman–Crippen LogP) is 3.80. The van der Waals surface area contributed by atoms with Gasteiger partial charge in [0, 0.05) is 29.0 Å². The molecule has 1 unspecified atom stereocenters. The van der Waals surface area contributed by atoms with E-state index in [1.807, 2.05) is 4.90 Å². The first-order chi connectivity index (χ1) is 8.11. The van der Waals surface area contributed by atoms with Crippen LogP contribution in [0.3, 0.4) is 0 Å². The smallest absolute Gasteiger partial charge is 0.253 e. The number of alkyl halides is 1. The maximum absolute atomic E-state index is 12.2. The Labute approximate surface area is 119 Å². The molecule has 17 heavy (non-hydrogen) atoms. The van der Waals surface area contributed by atoms with Crippen molar-refractivity contribution in [2.24, 2.45) is 5.92 Å². The Kier molecular flexibility index (Phi) is 4.34. The van der Waals surface area contributed by atoms with Crippen LogP contribution in [0.1, 0.15) is 16.8 Å². The first-order valence-electron chi connectivity index (χ1n) is 5.42. The lowest BCUT2D eigenvalue weighted by molar-refractivity contribution is 0.0788. The zero-order chi connectivity index (χ0) is 12.4. The molecular weight excluding hydrogens is 325 g/mol. The molecule has 0 aliphatic carbocycles. The second-order valence-corrected chi connectivity index (χ2v) is 5.76. The highest BCUT2D eigenvalue weighted by molar-refractivity contribution is 9.10. The number of likely N-dealkylation sites (tertiary alicyclic amines) is 1. The summed E-state index contributed by atoms with van der Waals surface area (Å²) >= 11 is 15.1. The first-order valence-corrected chi connectivity index (χ1v) is 7.12. The normalized spacial score (nSPS) is 19.7. The van der Waals surface area contributed by atoms with Gasteiger partial charge in [-0.05, 0) is 46.5 Å². The van der Waals surface area contributed by atoms with Gasteiger partial charge in [0.05, 0.1) is 5.02 Å². The summed E-state index contributed by atoms with van der Waals surface area (Å²) in [6, 6.07) is 5.28. The number of halogens is 3. The Hall–Kier alpha value is -0.250. The van der Waals surface area contributed by atoms with Crippen LogP contribution in [-0.4, -0.2) is 29.8 Å². The largest absolute Gasteiger partial charge is 0.338 e. The summed E-state index contributed by atoms with van der Waals surface area (Å²) in [5, 5.41) is 0.559. The number of rotatable bonds is 2. The fourth-order valence-electron chi connectivity index (χ4n) is 1.95. The van der Waals surface area contributed by atoms with Crippen LogP contribution in [0.4, 0.5) is 0 Å². The Morgan fingerprint density at radius 3 is 2.88 bits per heavy atom. The van der Waals surface area contributed by atoms with E-state index >= 15 is 0 Å². The number of hydrogen-bond acceptors (Lipinski definition) is 1. The lowest BCUT2D eigenvalue weighted by atomic mass is 10.1. The zero-order valence-electron chi connectivity index (χ0n) is 9.13. The van der Waals surface area contributed by atoms with E-state index < -0.39 is 0 Å². The molecule has 0 N–H and O–H groups in total. The number of carbonyl (C=O) groups is 1. The topological polar surface area (TPSA) is 20.3 Å². The molecule has 0 saturated carbocycles. The van der Waals surface area contributed by atoms with E-state index in [-0.39, 0.29) is 5.91 Å². The Morgan fingerprint density at radius 2 is 2.29 bits per heavy atom. The lowest BCUT2D eigenvalue weighted by Gasteiger charge is -2.16. The van der Waals surface area contributed by atoms with E-state index in [1.165, 1.54) is 0 Å². The molecular formula is C12H12BrCl2NO. The van der Waals surface area contributed by atoms with Crippen LogP contribution in [0.5, 0.6) is 0 Å². The molecule has 0 bridgehead atoms. The van der Waals surface area contributed by atoms with Gasteiger partial charge in [-0.15, -0.1) is 11.6 Å². The van der Waals surface area contributed by atoms with Crippen molar-refractivity contribution in [3.63, 3.8) is 0 Å². The van der Waals surface area contributed by atoms with Gasteiger partial charge in [0.2, 0.25) is 0 Å². The van der Waals surface area contributed by atoms with E-state index in [1.54, 1.807) is 18.2 Å². The monoisotopic (exact) mass is 335 g/mol. The highest BCUT2D eigenvalue weighted by atomic mass is 79.9. The van der Waals surface area contributed by atoms with Gasteiger partial charge in [-0.1, -0.05) is 11.6 Å². The molecule has 1 aromatic rings. The molecule has 92 valence electrons. The van der Waals surface area contributed by atoms with E-state index in [0.29, 0.717) is 22.4 Å². The summed E-state index contributed by atoms with van der Waals surface area (Å²) in [6.07, 6.45) is 0.986. The maximum atomic E-state index is 12.2. The van der Waals surface area contributed by atoms with Crippen LogP contribution in [0.15, 0.2) is 22.7 Å². The van der Waals surface area contributed by atoms with Crippen molar-refractivity contribution in [3.05, 3.63) is 33.3 Å². The molecule has 1 heterocycles. The van der Waals surface area contributed by atoms with Gasteiger partial charge < -0.3 is 4.90 Å². The average Bonchev–Trinajstić information content (AvgIpc) is 2.80. The molecule has 1 aromatic carbocycles. The molecule has 1 atom stereocenters. The number of amides is 1. The van der Waals surface area contributed by atoms with Gasteiger partial charge in [-0.25, -0.2) is 0 Å². The summed E-state index contributed by atoms with van der Waals surface area (Å²) in [7, 11) is 0. The fourth-order valence-corrected chi connectivity index (χ4v) is 2.63. The van der Waals surface area contributed by atoms with E-state index in [4.69, 9.17) is 23.2 Å². The van der Waals surface area contributed by atoms with Gasteiger partial charge >= 0.3 is 0 Å². The van der Waals surface area contributed by atoms with Gasteiger partial charge in [-0.2, -0.15) is 0 Å². The molecule has 0 radical (unpaired) electrons. The van der Waals surface area contributed by atoms with Crippen molar-refractivity contribution in [3.8, 4) is 0 Å². The summed E-state index contributed by atoms with van der Waals surface area (Å²) < 4.78 is 0.802. The Balaban J connectivity index is 2.12. The lowest BCUT2D eigenvalue weighted by Crippen LogP contribution is -2.28. The third kappa shape index (κ3) is 2.95. The molecule has 0 spiro atoms. The molecule has 2 nitrogen and oxygen atoms in total. The van der Waals surface area contributed by atoms with Gasteiger partial charge in [-0.3, -0.25) is 4.79 Å². The predicted molar refractivity (Wildman–Crippen MR) is 73.9 cm³/mol. The second kappa shape index (κ2) is 5.59. The number of benzene rings is 1. The molecule has 1 aliphatic rings. The average molecular weight is 337 g/mol. The minimum absolute atomic E-state index is 0.0343. The maximum Gasteiger partial charge on any atom is 0.253 e. The Bertz CT molecular complexity index is 439. The van der Waals surface area contributed by atoms with Gasteiger partial charge in [0.1, 0.15) is 0 Å². The quantitative estimate of drug-likeness (QED) is 0.752. The molecule has 1 aliphatic heterocycles. The molecule has 1 amide bonds. The van der Waals surface area contributed by atoms with Crippen molar-refractivity contribution in [1.82, 2.24) is 4.90 Å². The van der Waals surface area contributed by atoms with E-state index in [2.05, 4.69) is 15.9 Å². The van der Waals surface area contributed by atoms with Gasteiger partial charge in [0.25, 0.3) is 5.91 Å². The van der Waals surface area contributed by atoms with Crippen molar-refractivity contribution in [1.29, 1.82) is 0 Å². The zero-order valence-corrected chi connectivity index (χ0v) is 12.2. The molecule has 1 saturated heterocycles. The molecule has 5 heteroatoms. The van der Waals surface area contributed by atoms with Crippen LogP contribution in [0.25, 0.3) is 0 Å². The summed E-state index contributed by atoms with van der Waals surface area (Å²) in [6.45, 7) is 1.53. The van der Waals surface area contributed by atoms with Crippen molar-refractivity contribution in [2.75, 3.05) is 19.0 Å². The molecule has 1 fully saturated rings. The molecule has 0 aromatic heterocycles. The Morgan fingerprint density at radius 1 is 1.53 bits per heavy atom. The highest BCUT2D eigenvalue weighted by Gasteiger charge is 2.26. The number of hydrogen-bond donors (Lipinski definition) is 0. The first kappa shape index (κ1) is 13.2.